The molecule has 1 amide bonds. The van der Waals surface area contributed by atoms with Crippen LogP contribution in [0.4, 0.5) is 5.00 Å². The summed E-state index contributed by atoms with van der Waals surface area (Å²) in [5, 5.41) is 3.37. The lowest BCUT2D eigenvalue weighted by molar-refractivity contribution is -0.111. The van der Waals surface area contributed by atoms with Crippen LogP contribution in [0.25, 0.3) is 101 Å². The summed E-state index contributed by atoms with van der Waals surface area (Å²) in [5.41, 5.74) is 14.0. The highest BCUT2D eigenvalue weighted by atomic mass is 32.1. The van der Waals surface area contributed by atoms with Gasteiger partial charge in [-0.3, -0.25) is 58.3 Å². The highest BCUT2D eigenvalue weighted by Crippen LogP contribution is 2.47. The monoisotopic (exact) mass is 2010 g/mol. The maximum Gasteiger partial charge on any atom is 0.337 e. The Morgan fingerprint density at radius 1 is 0.384 bits per heavy atom. The Balaban J connectivity index is 0.000000128. The number of esters is 1. The van der Waals surface area contributed by atoms with Gasteiger partial charge in [-0.1, -0.05) is 114 Å². The van der Waals surface area contributed by atoms with Crippen LogP contribution in [0.5, 0.6) is 0 Å². The van der Waals surface area contributed by atoms with Crippen LogP contribution >= 0.6 is 45.3 Å². The summed E-state index contributed by atoms with van der Waals surface area (Å²) < 4.78 is 14.0. The first-order chi connectivity index (χ1) is 71.2. The molecule has 0 radical (unpaired) electrons. The Labute approximate surface area is 864 Å². The van der Waals surface area contributed by atoms with Gasteiger partial charge in [0.2, 0.25) is 5.91 Å². The second kappa shape index (κ2) is 47.0. The summed E-state index contributed by atoms with van der Waals surface area (Å²) in [6, 6.07) is 72.5. The van der Waals surface area contributed by atoms with Gasteiger partial charge in [0, 0.05) is 120 Å². The molecule has 1 N–H and O–H groups in total. The van der Waals surface area contributed by atoms with Crippen LogP contribution in [0.3, 0.4) is 0 Å². The fourth-order valence-electron chi connectivity index (χ4n) is 21.3. The topological polar surface area (TPSA) is 298 Å². The minimum atomic E-state index is -0.379. The highest BCUT2D eigenvalue weighted by molar-refractivity contribution is 7.18. The van der Waals surface area contributed by atoms with Gasteiger partial charge < -0.3 is 28.3 Å². The Bertz CT molecular complexity index is 7690. The maximum absolute atomic E-state index is 13.3. The molecule has 0 bridgehead atoms. The number of amides is 1. The van der Waals surface area contributed by atoms with Crippen molar-refractivity contribution < 1.29 is 47.9 Å². The molecule has 27 heteroatoms. The van der Waals surface area contributed by atoms with Gasteiger partial charge in [-0.25, -0.2) is 24.7 Å². The van der Waals surface area contributed by atoms with Crippen LogP contribution in [0, 0.1) is 42.9 Å². The molecule has 0 unspecified atom stereocenters. The number of thiophene rings is 4. The predicted molar refractivity (Wildman–Crippen MR) is 581 cm³/mol. The lowest BCUT2D eigenvalue weighted by atomic mass is 9.82. The summed E-state index contributed by atoms with van der Waals surface area (Å²) in [5.74, 6) is 7.43. The number of terminal acetylenes is 1. The number of nitrogens with zero attached hydrogens (tertiary/aromatic N) is 12. The molecule has 0 saturated heterocycles. The van der Waals surface area contributed by atoms with Gasteiger partial charge in [0.15, 0.2) is 63.8 Å². The van der Waals surface area contributed by atoms with E-state index < -0.39 is 0 Å². The molecule has 4 saturated carbocycles. The van der Waals surface area contributed by atoms with Crippen molar-refractivity contribution in [1.82, 2.24) is 58.1 Å². The Hall–Kier alpha value is -14.7. The first-order valence-corrected chi connectivity index (χ1v) is 53.8. The fourth-order valence-corrected chi connectivity index (χ4v) is 24.7. The molecular formula is C119H115N13O10S4. The average Bonchev–Trinajstić information content (AvgIpc) is 1.62. The fraction of sp³-hybridized carbons (Fsp3) is 0.303. The van der Waals surface area contributed by atoms with E-state index in [1.807, 2.05) is 210 Å². The third-order valence-electron chi connectivity index (χ3n) is 28.4. The van der Waals surface area contributed by atoms with Gasteiger partial charge in [0.25, 0.3) is 0 Å². The smallest absolute Gasteiger partial charge is 0.337 e. The summed E-state index contributed by atoms with van der Waals surface area (Å²) in [7, 11) is 1.38. The minimum absolute atomic E-state index is 0.0953. The van der Waals surface area contributed by atoms with Crippen LogP contribution in [0.15, 0.2) is 262 Å². The van der Waals surface area contributed by atoms with E-state index in [1.54, 1.807) is 71.7 Å². The summed E-state index contributed by atoms with van der Waals surface area (Å²) in [6.07, 6.45) is 33.3. The standard InChI is InChI=1S/C33H31N3O2S.C30H30N4O3S.C29H27N3O2S.C27H27N3O3S/c1-2-29(37)24-14-15-28-27(21-24)35-33(26-13-6-7-18-34-26)36(28)25-12-8-9-22(19-25)20-30(38)32-17-16-31(39-32)23-10-4-3-5-11-23;1-3-25(35)20-11-12-24-23(18-20)32-30(22-10-5-6-15-31-22)34(24)21-9-7-8-19(16-21)17-26(36)27-13-14-29(38-27)33-28(37)4-2;1-3-22-12-14-28(35-22)27(34)17-19-8-7-9-21(16-19)32-25-13-11-20(26(33)4-2)18-24(25)31-29(32)23-10-5-6-15-30-23;1-17-9-12-25(34-17)24(31)15-18-6-5-7-20(14-18)30-23-11-10-19(27(32)33-2)16-22(23)29-26(30)21-8-3-4-13-28-21/h3-7,10-11,13-18,21-22,25H,2,8-9,12,19-20H2,1H3;4-6,10-15,18-19,21H,2-3,7-9,16-17H2,1H3,(H,33,37);1,5-6,10-15,18-19,21H,4,7-9,16-17H2,2H3;3-4,8-13,16,18,20H,5-7,14-15H2,1-2H3/t22-,25+;2*19-,21+;18-,20+/m0000/s1. The molecule has 5 aromatic carbocycles. The molecule has 8 atom stereocenters. The summed E-state index contributed by atoms with van der Waals surface area (Å²) >= 11 is 5.86. The van der Waals surface area contributed by atoms with Gasteiger partial charge in [-0.15, -0.1) is 51.8 Å². The van der Waals surface area contributed by atoms with Crippen LogP contribution in [-0.4, -0.2) is 118 Å². The number of pyridine rings is 4. The molecule has 146 heavy (non-hydrogen) atoms. The molecule has 12 heterocycles. The number of hydrogen-bond acceptors (Lipinski definition) is 22. The molecule has 21 rings (SSSR count). The third-order valence-corrected chi connectivity index (χ3v) is 32.7. The van der Waals surface area contributed by atoms with E-state index in [0.29, 0.717) is 94.8 Å². The van der Waals surface area contributed by atoms with E-state index >= 15 is 0 Å². The van der Waals surface area contributed by atoms with E-state index in [0.717, 1.165) is 223 Å². The molecular weight excluding hydrogens is 1900 g/mol. The number of carbonyl (C=O) groups is 9. The highest BCUT2D eigenvalue weighted by Gasteiger charge is 2.36. The number of ether oxygens (including phenoxy) is 1. The summed E-state index contributed by atoms with van der Waals surface area (Å²) in [6.45, 7) is 11.1. The number of fused-ring (bicyclic) bond motifs is 4. The van der Waals surface area contributed by atoms with Gasteiger partial charge in [0.1, 0.15) is 22.8 Å². The van der Waals surface area contributed by atoms with Crippen molar-refractivity contribution in [3.05, 3.63) is 313 Å². The molecule has 17 aromatic rings. The number of ketones is 7. The van der Waals surface area contributed by atoms with Gasteiger partial charge >= 0.3 is 5.97 Å². The average molecular weight is 2020 g/mol. The van der Waals surface area contributed by atoms with Gasteiger partial charge in [-0.2, -0.15) is 0 Å². The molecule has 12 aromatic heterocycles. The lowest BCUT2D eigenvalue weighted by Gasteiger charge is -2.31. The van der Waals surface area contributed by atoms with Crippen LogP contribution < -0.4 is 5.32 Å². The van der Waals surface area contributed by atoms with Crippen molar-refractivity contribution in [2.75, 3.05) is 12.4 Å². The zero-order chi connectivity index (χ0) is 101. The first-order valence-electron chi connectivity index (χ1n) is 50.5. The van der Waals surface area contributed by atoms with Crippen molar-refractivity contribution in [1.29, 1.82) is 0 Å². The second-order valence-corrected chi connectivity index (χ2v) is 42.6. The number of methoxy groups -OCH3 is 1. The quantitative estimate of drug-likeness (QED) is 0.0189. The number of hydrogen-bond donors (Lipinski definition) is 1. The molecule has 4 fully saturated rings. The molecule has 0 spiro atoms. The number of anilines is 1. The van der Waals surface area contributed by atoms with Crippen molar-refractivity contribution in [3.8, 4) is 68.9 Å². The lowest BCUT2D eigenvalue weighted by Crippen LogP contribution is -2.22. The van der Waals surface area contributed by atoms with Crippen LogP contribution in [-0.2, 0) is 9.53 Å². The number of aromatic nitrogens is 12. The Morgan fingerprint density at radius 2 is 0.719 bits per heavy atom. The Morgan fingerprint density at radius 3 is 1.05 bits per heavy atom. The van der Waals surface area contributed by atoms with Crippen molar-refractivity contribution in [2.24, 2.45) is 23.7 Å². The van der Waals surface area contributed by atoms with Gasteiger partial charge in [-0.05, 0) is 289 Å². The largest absolute Gasteiger partial charge is 0.465 e. The van der Waals surface area contributed by atoms with E-state index in [1.165, 1.54) is 40.7 Å². The molecule has 4 aliphatic rings. The molecule has 4 aliphatic carbocycles. The molecule has 740 valence electrons. The number of nitrogens with one attached hydrogen (secondary N) is 1. The second-order valence-electron chi connectivity index (χ2n) is 38.1. The number of rotatable bonds is 30. The zero-order valence-corrected chi connectivity index (χ0v) is 85.8. The maximum atomic E-state index is 13.3. The third kappa shape index (κ3) is 23.4. The Kier molecular flexibility index (Phi) is 32.6. The van der Waals surface area contributed by atoms with Crippen molar-refractivity contribution in [2.45, 2.75) is 200 Å². The number of Topliss-reactive ketones (excluding diaryl/α,β-unsaturated/α-hetero) is 7. The van der Waals surface area contributed by atoms with E-state index in [4.69, 9.17) is 31.1 Å². The first kappa shape index (κ1) is 101. The zero-order valence-electron chi connectivity index (χ0n) is 82.5. The van der Waals surface area contributed by atoms with Crippen LogP contribution in [0.2, 0.25) is 0 Å². The summed E-state index contributed by atoms with van der Waals surface area (Å²) in [4.78, 5) is 157. The SMILES string of the molecule is C#Cc1ccc(C(=O)C[C@H]2CCC[C@@H](n3c(-c4ccccn4)nc4cc(C(=O)CC)ccc43)C2)s1.C=CC(=O)Nc1ccc(C(=O)C[C@H]2CCC[C@@H](n3c(-c4ccccn4)nc4cc(C(=O)CC)ccc43)C2)s1.CCC(=O)c1ccc2c(c1)nc(-c1ccccn1)n2[C@@H]1CCC[C@H](CC(=O)c2ccc(-c3ccccc3)s2)C1.COC(=O)c1ccc2c(c1)nc(-c1ccccn1)n2[C@@H]1CCC[C@H](CC(=O)c2ccc(C)s2)C1. The van der Waals surface area contributed by atoms with E-state index in [-0.39, 0.29) is 82.4 Å². The van der Waals surface area contributed by atoms with Crippen LogP contribution in [0.1, 0.15) is 282 Å². The number of benzene rings is 5. The number of imidazole rings is 4. The van der Waals surface area contributed by atoms with Crippen molar-refractivity contribution >= 4 is 147 Å². The number of carbonyl (C=O) groups excluding carboxylic acids is 9. The number of aryl methyl sites for hydroxylation is 1. The normalized spacial score (nSPS) is 17.6. The van der Waals surface area contributed by atoms with E-state index in [9.17, 15) is 43.2 Å². The van der Waals surface area contributed by atoms with Gasteiger partial charge in [0.05, 0.1) is 86.2 Å². The predicted octanol–water partition coefficient (Wildman–Crippen LogP) is 28.3. The van der Waals surface area contributed by atoms with E-state index in [2.05, 4.69) is 74.2 Å². The minimum Gasteiger partial charge on any atom is -0.465 e. The molecule has 23 nitrogen and oxygen atoms in total. The van der Waals surface area contributed by atoms with Crippen molar-refractivity contribution in [3.63, 3.8) is 0 Å². The molecule has 0 aliphatic heterocycles.